The number of nitrogen functional groups attached to an aromatic ring is 1. The molecule has 4 nitrogen and oxygen atoms in total. The van der Waals surface area contributed by atoms with Gasteiger partial charge in [0.2, 0.25) is 0 Å². The average Bonchev–Trinajstić information content (AvgIpc) is 2.33. The van der Waals surface area contributed by atoms with Crippen LogP contribution in [-0.2, 0) is 0 Å². The third kappa shape index (κ3) is 2.87. The first-order valence-corrected chi connectivity index (χ1v) is 6.14. The standard InChI is InChI=1S/C13H12BrN3O/c1-8(18)9-3-2-4-11(5-9)17-13-12(14)6-10(15)7-16-13/h2-7H,15H2,1H3,(H,16,17). The second-order valence-electron chi connectivity index (χ2n) is 3.86. The van der Waals surface area contributed by atoms with Crippen molar-refractivity contribution in [1.82, 2.24) is 4.98 Å². The highest BCUT2D eigenvalue weighted by atomic mass is 79.9. The summed E-state index contributed by atoms with van der Waals surface area (Å²) in [6.45, 7) is 1.54. The molecule has 0 saturated carbocycles. The fraction of sp³-hybridized carbons (Fsp3) is 0.0769. The number of halogens is 1. The normalized spacial score (nSPS) is 10.1. The number of nitrogens with zero attached hydrogens (tertiary/aromatic N) is 1. The van der Waals surface area contributed by atoms with E-state index in [0.717, 1.165) is 10.2 Å². The minimum absolute atomic E-state index is 0.0305. The molecule has 1 heterocycles. The lowest BCUT2D eigenvalue weighted by Crippen LogP contribution is -1.98. The molecule has 92 valence electrons. The van der Waals surface area contributed by atoms with Gasteiger partial charge in [0.15, 0.2) is 5.78 Å². The summed E-state index contributed by atoms with van der Waals surface area (Å²) in [5.41, 5.74) is 7.67. The number of ketones is 1. The van der Waals surface area contributed by atoms with Crippen molar-refractivity contribution in [2.45, 2.75) is 6.92 Å². The number of anilines is 3. The largest absolute Gasteiger partial charge is 0.397 e. The molecule has 18 heavy (non-hydrogen) atoms. The molecule has 0 amide bonds. The molecule has 0 aliphatic carbocycles. The van der Waals surface area contributed by atoms with Gasteiger partial charge in [-0.15, -0.1) is 0 Å². The molecule has 0 radical (unpaired) electrons. The molecule has 3 N–H and O–H groups in total. The molecule has 0 saturated heterocycles. The Bertz CT molecular complexity index is 599. The van der Waals surface area contributed by atoms with Crippen LogP contribution in [0.5, 0.6) is 0 Å². The third-order valence-electron chi connectivity index (χ3n) is 2.39. The van der Waals surface area contributed by atoms with Gasteiger partial charge in [-0.1, -0.05) is 12.1 Å². The molecule has 2 aromatic rings. The van der Waals surface area contributed by atoms with Crippen LogP contribution in [-0.4, -0.2) is 10.8 Å². The number of hydrogen-bond acceptors (Lipinski definition) is 4. The lowest BCUT2D eigenvalue weighted by Gasteiger charge is -2.08. The van der Waals surface area contributed by atoms with Crippen molar-refractivity contribution in [2.75, 3.05) is 11.1 Å². The first-order valence-electron chi connectivity index (χ1n) is 5.35. The predicted octanol–water partition coefficient (Wildman–Crippen LogP) is 3.37. The van der Waals surface area contributed by atoms with E-state index in [4.69, 9.17) is 5.73 Å². The van der Waals surface area contributed by atoms with E-state index >= 15 is 0 Å². The Balaban J connectivity index is 2.28. The number of carbonyl (C=O) groups is 1. The number of Topliss-reactive ketones (excluding diaryl/α,β-unsaturated/α-hetero) is 1. The highest BCUT2D eigenvalue weighted by Crippen LogP contribution is 2.25. The highest BCUT2D eigenvalue weighted by Gasteiger charge is 2.04. The molecular weight excluding hydrogens is 294 g/mol. The Morgan fingerprint density at radius 1 is 1.39 bits per heavy atom. The zero-order valence-corrected chi connectivity index (χ0v) is 11.4. The molecule has 1 aromatic carbocycles. The van der Waals surface area contributed by atoms with Crippen LogP contribution >= 0.6 is 15.9 Å². The van der Waals surface area contributed by atoms with Crippen molar-refractivity contribution < 1.29 is 4.79 Å². The Kier molecular flexibility index (Phi) is 3.62. The molecule has 5 heteroatoms. The number of nitrogens with two attached hydrogens (primary N) is 1. The van der Waals surface area contributed by atoms with Gasteiger partial charge in [0, 0.05) is 11.3 Å². The van der Waals surface area contributed by atoms with Crippen molar-refractivity contribution in [2.24, 2.45) is 0 Å². The Hall–Kier alpha value is -1.88. The van der Waals surface area contributed by atoms with Gasteiger partial charge in [-0.25, -0.2) is 4.98 Å². The van der Waals surface area contributed by atoms with Gasteiger partial charge in [0.1, 0.15) is 5.82 Å². The zero-order chi connectivity index (χ0) is 13.1. The first-order chi connectivity index (χ1) is 8.56. The number of aromatic nitrogens is 1. The van der Waals surface area contributed by atoms with E-state index in [1.165, 1.54) is 6.92 Å². The van der Waals surface area contributed by atoms with Gasteiger partial charge in [-0.05, 0) is 41.1 Å². The minimum Gasteiger partial charge on any atom is -0.397 e. The lowest BCUT2D eigenvalue weighted by molar-refractivity contribution is 0.101. The number of carbonyl (C=O) groups excluding carboxylic acids is 1. The van der Waals surface area contributed by atoms with E-state index < -0.39 is 0 Å². The molecule has 2 rings (SSSR count). The summed E-state index contributed by atoms with van der Waals surface area (Å²) < 4.78 is 0.774. The van der Waals surface area contributed by atoms with Crippen LogP contribution < -0.4 is 11.1 Å². The maximum absolute atomic E-state index is 11.3. The van der Waals surface area contributed by atoms with Crippen molar-refractivity contribution in [1.29, 1.82) is 0 Å². The Morgan fingerprint density at radius 2 is 2.17 bits per heavy atom. The van der Waals surface area contributed by atoms with E-state index in [2.05, 4.69) is 26.2 Å². The van der Waals surface area contributed by atoms with E-state index in [1.807, 2.05) is 12.1 Å². The van der Waals surface area contributed by atoms with Crippen LogP contribution in [0.4, 0.5) is 17.2 Å². The number of nitrogens with one attached hydrogen (secondary N) is 1. The second kappa shape index (κ2) is 5.18. The monoisotopic (exact) mass is 305 g/mol. The van der Waals surface area contributed by atoms with Crippen LogP contribution in [0.2, 0.25) is 0 Å². The maximum atomic E-state index is 11.3. The fourth-order valence-corrected chi connectivity index (χ4v) is 1.96. The molecule has 0 spiro atoms. The van der Waals surface area contributed by atoms with Gasteiger partial charge in [-0.2, -0.15) is 0 Å². The number of hydrogen-bond donors (Lipinski definition) is 2. The summed E-state index contributed by atoms with van der Waals surface area (Å²) in [7, 11) is 0. The Labute approximate surface area is 113 Å². The van der Waals surface area contributed by atoms with E-state index in [0.29, 0.717) is 17.1 Å². The quantitative estimate of drug-likeness (QED) is 0.853. The molecule has 0 unspecified atom stereocenters. The molecule has 0 bridgehead atoms. The van der Waals surface area contributed by atoms with Gasteiger partial charge >= 0.3 is 0 Å². The van der Waals surface area contributed by atoms with Crippen molar-refractivity contribution in [3.05, 3.63) is 46.6 Å². The topological polar surface area (TPSA) is 68.0 Å². The van der Waals surface area contributed by atoms with Crippen LogP contribution in [0.25, 0.3) is 0 Å². The van der Waals surface area contributed by atoms with Crippen molar-refractivity contribution in [3.63, 3.8) is 0 Å². The van der Waals surface area contributed by atoms with Crippen molar-refractivity contribution in [3.8, 4) is 0 Å². The SMILES string of the molecule is CC(=O)c1cccc(Nc2ncc(N)cc2Br)c1. The number of rotatable bonds is 3. The van der Waals surface area contributed by atoms with Gasteiger partial charge in [0.05, 0.1) is 16.4 Å². The van der Waals surface area contributed by atoms with Crippen LogP contribution in [0.1, 0.15) is 17.3 Å². The fourth-order valence-electron chi connectivity index (χ4n) is 1.50. The number of benzene rings is 1. The van der Waals surface area contributed by atoms with E-state index in [1.54, 1.807) is 24.4 Å². The molecule has 0 atom stereocenters. The number of pyridine rings is 1. The maximum Gasteiger partial charge on any atom is 0.159 e. The minimum atomic E-state index is 0.0305. The second-order valence-corrected chi connectivity index (χ2v) is 4.72. The highest BCUT2D eigenvalue weighted by molar-refractivity contribution is 9.10. The average molecular weight is 306 g/mol. The molecule has 0 aliphatic heterocycles. The summed E-state index contributed by atoms with van der Waals surface area (Å²) in [5.74, 6) is 0.688. The summed E-state index contributed by atoms with van der Waals surface area (Å²) >= 11 is 3.38. The molecule has 0 fully saturated rings. The third-order valence-corrected chi connectivity index (χ3v) is 3.00. The summed E-state index contributed by atoms with van der Waals surface area (Å²) in [4.78, 5) is 15.5. The molecule has 0 aliphatic rings. The lowest BCUT2D eigenvalue weighted by atomic mass is 10.1. The summed E-state index contributed by atoms with van der Waals surface area (Å²) in [6.07, 6.45) is 1.57. The van der Waals surface area contributed by atoms with E-state index in [9.17, 15) is 4.79 Å². The molecular formula is C13H12BrN3O. The van der Waals surface area contributed by atoms with Gasteiger partial charge < -0.3 is 11.1 Å². The Morgan fingerprint density at radius 3 is 2.83 bits per heavy atom. The van der Waals surface area contributed by atoms with Crippen molar-refractivity contribution >= 4 is 38.9 Å². The van der Waals surface area contributed by atoms with Crippen LogP contribution in [0.3, 0.4) is 0 Å². The summed E-state index contributed by atoms with van der Waals surface area (Å²) in [6, 6.07) is 9.02. The first kappa shape index (κ1) is 12.6. The van der Waals surface area contributed by atoms with Crippen LogP contribution in [0.15, 0.2) is 41.0 Å². The van der Waals surface area contributed by atoms with Gasteiger partial charge in [-0.3, -0.25) is 4.79 Å². The summed E-state index contributed by atoms with van der Waals surface area (Å²) in [5, 5.41) is 3.13. The molecule has 1 aromatic heterocycles. The predicted molar refractivity (Wildman–Crippen MR) is 76.1 cm³/mol. The van der Waals surface area contributed by atoms with Crippen LogP contribution in [0, 0.1) is 0 Å². The smallest absolute Gasteiger partial charge is 0.159 e. The van der Waals surface area contributed by atoms with E-state index in [-0.39, 0.29) is 5.78 Å². The zero-order valence-electron chi connectivity index (χ0n) is 9.77. The van der Waals surface area contributed by atoms with Gasteiger partial charge in [0.25, 0.3) is 0 Å².